The Bertz CT molecular complexity index is 561. The van der Waals surface area contributed by atoms with Gasteiger partial charge in [0.15, 0.2) is 0 Å². The molecule has 0 bridgehead atoms. The average molecular weight is 288 g/mol. The fourth-order valence-corrected chi connectivity index (χ4v) is 2.57. The smallest absolute Gasteiger partial charge is 0.118 e. The van der Waals surface area contributed by atoms with E-state index in [4.69, 9.17) is 16.3 Å². The summed E-state index contributed by atoms with van der Waals surface area (Å²) in [5.74, 6) is 1.62. The Morgan fingerprint density at radius 2 is 1.70 bits per heavy atom. The van der Waals surface area contributed by atoms with E-state index < -0.39 is 0 Å². The van der Waals surface area contributed by atoms with Crippen LogP contribution in [-0.4, -0.2) is 7.11 Å². The molecule has 3 rings (SSSR count). The van der Waals surface area contributed by atoms with Crippen LogP contribution in [0.25, 0.3) is 0 Å². The van der Waals surface area contributed by atoms with E-state index in [1.807, 2.05) is 36.4 Å². The molecule has 0 aliphatic heterocycles. The lowest BCUT2D eigenvalue weighted by Crippen LogP contribution is -2.12. The SMILES string of the molecule is COc1ccc(C(Nc2ccc(Cl)cc2)C2CC2)cc1. The predicted molar refractivity (Wildman–Crippen MR) is 83.5 cm³/mol. The minimum absolute atomic E-state index is 0.363. The minimum Gasteiger partial charge on any atom is -0.497 e. The Morgan fingerprint density at radius 1 is 1.05 bits per heavy atom. The van der Waals surface area contributed by atoms with Crippen molar-refractivity contribution in [1.82, 2.24) is 0 Å². The van der Waals surface area contributed by atoms with Crippen molar-refractivity contribution in [2.75, 3.05) is 12.4 Å². The third kappa shape index (κ3) is 3.07. The summed E-state index contributed by atoms with van der Waals surface area (Å²) < 4.78 is 5.22. The highest BCUT2D eigenvalue weighted by Crippen LogP contribution is 2.43. The van der Waals surface area contributed by atoms with Crippen molar-refractivity contribution < 1.29 is 4.74 Å². The number of benzene rings is 2. The second-order valence-corrected chi connectivity index (χ2v) is 5.68. The van der Waals surface area contributed by atoms with Gasteiger partial charge < -0.3 is 10.1 Å². The topological polar surface area (TPSA) is 21.3 Å². The van der Waals surface area contributed by atoms with E-state index in [9.17, 15) is 0 Å². The maximum Gasteiger partial charge on any atom is 0.118 e. The summed E-state index contributed by atoms with van der Waals surface area (Å²) >= 11 is 5.93. The number of nitrogens with one attached hydrogen (secondary N) is 1. The zero-order valence-corrected chi connectivity index (χ0v) is 12.2. The zero-order valence-electron chi connectivity index (χ0n) is 11.5. The summed E-state index contributed by atoms with van der Waals surface area (Å²) in [6.45, 7) is 0. The molecule has 20 heavy (non-hydrogen) atoms. The highest BCUT2D eigenvalue weighted by Gasteiger charge is 2.32. The zero-order chi connectivity index (χ0) is 13.9. The van der Waals surface area contributed by atoms with Crippen molar-refractivity contribution in [2.45, 2.75) is 18.9 Å². The average Bonchev–Trinajstić information content (AvgIpc) is 3.31. The van der Waals surface area contributed by atoms with Crippen LogP contribution in [0, 0.1) is 5.92 Å². The maximum atomic E-state index is 5.93. The van der Waals surface area contributed by atoms with E-state index >= 15 is 0 Å². The number of hydrogen-bond donors (Lipinski definition) is 1. The number of rotatable bonds is 5. The third-order valence-corrected chi connectivity index (χ3v) is 3.99. The molecule has 104 valence electrons. The Labute approximate surface area is 124 Å². The van der Waals surface area contributed by atoms with Crippen LogP contribution in [0.4, 0.5) is 5.69 Å². The van der Waals surface area contributed by atoms with E-state index in [1.54, 1.807) is 7.11 Å². The molecule has 1 aliphatic carbocycles. The molecule has 1 aliphatic rings. The molecule has 2 aromatic carbocycles. The Kier molecular flexibility index (Phi) is 3.83. The molecule has 0 radical (unpaired) electrons. The molecule has 2 nitrogen and oxygen atoms in total. The van der Waals surface area contributed by atoms with Crippen molar-refractivity contribution >= 4 is 17.3 Å². The fourth-order valence-electron chi connectivity index (χ4n) is 2.44. The van der Waals surface area contributed by atoms with Crippen molar-refractivity contribution in [3.05, 3.63) is 59.1 Å². The van der Waals surface area contributed by atoms with Crippen LogP contribution in [0.3, 0.4) is 0 Å². The minimum atomic E-state index is 0.363. The summed E-state index contributed by atoms with van der Waals surface area (Å²) in [5, 5.41) is 4.39. The van der Waals surface area contributed by atoms with Gasteiger partial charge in [-0.25, -0.2) is 0 Å². The van der Waals surface area contributed by atoms with Crippen molar-refractivity contribution in [3.63, 3.8) is 0 Å². The first-order valence-electron chi connectivity index (χ1n) is 6.92. The van der Waals surface area contributed by atoms with Gasteiger partial charge in [0.25, 0.3) is 0 Å². The molecule has 2 aromatic rings. The van der Waals surface area contributed by atoms with Crippen molar-refractivity contribution in [2.24, 2.45) is 5.92 Å². The lowest BCUT2D eigenvalue weighted by atomic mass is 10.0. The highest BCUT2D eigenvalue weighted by molar-refractivity contribution is 6.30. The van der Waals surface area contributed by atoms with Crippen molar-refractivity contribution in [1.29, 1.82) is 0 Å². The van der Waals surface area contributed by atoms with E-state index in [2.05, 4.69) is 17.4 Å². The Hall–Kier alpha value is -1.67. The van der Waals surface area contributed by atoms with Gasteiger partial charge >= 0.3 is 0 Å². The molecule has 3 heteroatoms. The molecule has 0 aromatic heterocycles. The standard InChI is InChI=1S/C17H18ClNO/c1-20-16-10-4-13(5-11-16)17(12-2-3-12)19-15-8-6-14(18)7-9-15/h4-12,17,19H,2-3H2,1H3. The lowest BCUT2D eigenvalue weighted by Gasteiger charge is -2.20. The van der Waals surface area contributed by atoms with Crippen LogP contribution in [-0.2, 0) is 0 Å². The molecule has 1 atom stereocenters. The van der Waals surface area contributed by atoms with Gasteiger partial charge in [0.05, 0.1) is 13.2 Å². The van der Waals surface area contributed by atoms with E-state index in [1.165, 1.54) is 18.4 Å². The summed E-state index contributed by atoms with van der Waals surface area (Å²) in [6.07, 6.45) is 2.58. The second-order valence-electron chi connectivity index (χ2n) is 5.24. The van der Waals surface area contributed by atoms with Gasteiger partial charge in [-0.3, -0.25) is 0 Å². The maximum absolute atomic E-state index is 5.93. The Balaban J connectivity index is 1.79. The first-order valence-corrected chi connectivity index (χ1v) is 7.30. The molecule has 1 N–H and O–H groups in total. The fraction of sp³-hybridized carbons (Fsp3) is 0.294. The monoisotopic (exact) mass is 287 g/mol. The van der Waals surface area contributed by atoms with Gasteiger partial charge in [0.1, 0.15) is 5.75 Å². The van der Waals surface area contributed by atoms with E-state index in [-0.39, 0.29) is 0 Å². The molecular weight excluding hydrogens is 270 g/mol. The van der Waals surface area contributed by atoms with Gasteiger partial charge in [-0.1, -0.05) is 23.7 Å². The predicted octanol–water partition coefficient (Wildman–Crippen LogP) is 4.91. The molecule has 0 amide bonds. The van der Waals surface area contributed by atoms with Crippen molar-refractivity contribution in [3.8, 4) is 5.75 Å². The number of methoxy groups -OCH3 is 1. The third-order valence-electron chi connectivity index (χ3n) is 3.73. The summed E-state index contributed by atoms with van der Waals surface area (Å²) in [5.41, 5.74) is 2.42. The van der Waals surface area contributed by atoms with Crippen LogP contribution >= 0.6 is 11.6 Å². The molecule has 1 unspecified atom stereocenters. The summed E-state index contributed by atoms with van der Waals surface area (Å²) in [6, 6.07) is 16.6. The number of hydrogen-bond acceptors (Lipinski definition) is 2. The largest absolute Gasteiger partial charge is 0.497 e. The Morgan fingerprint density at radius 3 is 2.25 bits per heavy atom. The van der Waals surface area contributed by atoms with E-state index in [0.29, 0.717) is 6.04 Å². The first-order chi connectivity index (χ1) is 9.76. The molecular formula is C17H18ClNO. The molecule has 1 fully saturated rings. The van der Waals surface area contributed by atoms with Gasteiger partial charge in [0, 0.05) is 10.7 Å². The number of halogens is 1. The van der Waals surface area contributed by atoms with Gasteiger partial charge in [-0.05, 0) is 60.7 Å². The number of anilines is 1. The number of ether oxygens (including phenoxy) is 1. The lowest BCUT2D eigenvalue weighted by molar-refractivity contribution is 0.414. The normalized spacial score (nSPS) is 15.7. The van der Waals surface area contributed by atoms with Crippen LogP contribution < -0.4 is 10.1 Å². The molecule has 0 spiro atoms. The molecule has 1 saturated carbocycles. The highest BCUT2D eigenvalue weighted by atomic mass is 35.5. The van der Waals surface area contributed by atoms with Gasteiger partial charge in [-0.15, -0.1) is 0 Å². The van der Waals surface area contributed by atoms with E-state index in [0.717, 1.165) is 22.4 Å². The van der Waals surface area contributed by atoms with Crippen LogP contribution in [0.2, 0.25) is 5.02 Å². The second kappa shape index (κ2) is 5.76. The first kappa shape index (κ1) is 13.3. The summed E-state index contributed by atoms with van der Waals surface area (Å²) in [7, 11) is 1.69. The molecule has 0 heterocycles. The van der Waals surface area contributed by atoms with Crippen LogP contribution in [0.15, 0.2) is 48.5 Å². The summed E-state index contributed by atoms with van der Waals surface area (Å²) in [4.78, 5) is 0. The van der Waals surface area contributed by atoms with Gasteiger partial charge in [-0.2, -0.15) is 0 Å². The quantitative estimate of drug-likeness (QED) is 0.843. The van der Waals surface area contributed by atoms with Crippen LogP contribution in [0.1, 0.15) is 24.4 Å². The molecule has 0 saturated heterocycles. The van der Waals surface area contributed by atoms with Crippen LogP contribution in [0.5, 0.6) is 5.75 Å². The van der Waals surface area contributed by atoms with Gasteiger partial charge in [0.2, 0.25) is 0 Å².